The first-order valence-electron chi connectivity index (χ1n) is 6.03. The summed E-state index contributed by atoms with van der Waals surface area (Å²) in [7, 11) is 0. The highest BCUT2D eigenvalue weighted by molar-refractivity contribution is 5.77. The summed E-state index contributed by atoms with van der Waals surface area (Å²) in [6.07, 6.45) is 1.68. The third-order valence-electron chi connectivity index (χ3n) is 2.13. The van der Waals surface area contributed by atoms with Gasteiger partial charge in [0.1, 0.15) is 6.04 Å². The molecule has 0 aliphatic heterocycles. The van der Waals surface area contributed by atoms with Crippen LogP contribution in [0.4, 0.5) is 0 Å². The minimum absolute atomic E-state index is 0.0642. The van der Waals surface area contributed by atoms with Gasteiger partial charge in [-0.1, -0.05) is 13.3 Å². The fourth-order valence-electron chi connectivity index (χ4n) is 1.44. The molecule has 0 spiro atoms. The highest BCUT2D eigenvalue weighted by atomic mass is 16.4. The SMILES string of the molecule is CCCC(NCCC(=O)NC(C)(C)C)C(=O)O. The first-order valence-corrected chi connectivity index (χ1v) is 6.03. The van der Waals surface area contributed by atoms with Crippen LogP contribution in [0.15, 0.2) is 0 Å². The predicted molar refractivity (Wildman–Crippen MR) is 66.8 cm³/mol. The number of hydrogen-bond donors (Lipinski definition) is 3. The molecule has 0 aliphatic carbocycles. The molecule has 0 aromatic rings. The third kappa shape index (κ3) is 8.68. The standard InChI is InChI=1S/C12H24N2O3/c1-5-6-9(11(16)17)13-8-7-10(15)14-12(2,3)4/h9,13H,5-8H2,1-4H3,(H,14,15)(H,16,17). The van der Waals surface area contributed by atoms with Gasteiger partial charge >= 0.3 is 5.97 Å². The molecule has 1 amide bonds. The summed E-state index contributed by atoms with van der Waals surface area (Å²) in [5, 5.41) is 14.6. The molecule has 0 heterocycles. The van der Waals surface area contributed by atoms with Crippen molar-refractivity contribution < 1.29 is 14.7 Å². The van der Waals surface area contributed by atoms with Crippen LogP contribution in [-0.2, 0) is 9.59 Å². The zero-order chi connectivity index (χ0) is 13.5. The average molecular weight is 244 g/mol. The summed E-state index contributed by atoms with van der Waals surface area (Å²) in [4.78, 5) is 22.3. The maximum absolute atomic E-state index is 11.5. The smallest absolute Gasteiger partial charge is 0.320 e. The number of carboxylic acid groups (broad SMARTS) is 1. The van der Waals surface area contributed by atoms with Crippen molar-refractivity contribution in [3.63, 3.8) is 0 Å². The molecule has 0 bridgehead atoms. The second kappa shape index (κ2) is 7.27. The molecule has 100 valence electrons. The van der Waals surface area contributed by atoms with E-state index in [0.29, 0.717) is 19.4 Å². The molecule has 0 rings (SSSR count). The molecular formula is C12H24N2O3. The van der Waals surface area contributed by atoms with E-state index in [0.717, 1.165) is 6.42 Å². The number of carbonyl (C=O) groups excluding carboxylic acids is 1. The molecule has 5 nitrogen and oxygen atoms in total. The molecule has 0 aromatic carbocycles. The van der Waals surface area contributed by atoms with Crippen LogP contribution in [0, 0.1) is 0 Å². The van der Waals surface area contributed by atoms with Gasteiger partial charge in [0, 0.05) is 18.5 Å². The molecule has 17 heavy (non-hydrogen) atoms. The molecule has 5 heteroatoms. The number of amides is 1. The third-order valence-corrected chi connectivity index (χ3v) is 2.13. The lowest BCUT2D eigenvalue weighted by atomic mass is 10.1. The summed E-state index contributed by atoms with van der Waals surface area (Å²) in [6, 6.07) is -0.553. The van der Waals surface area contributed by atoms with Crippen molar-refractivity contribution in [3.8, 4) is 0 Å². The maximum Gasteiger partial charge on any atom is 0.320 e. The van der Waals surface area contributed by atoms with Gasteiger partial charge in [-0.25, -0.2) is 0 Å². The number of carbonyl (C=O) groups is 2. The number of rotatable bonds is 7. The Kier molecular flexibility index (Phi) is 6.80. The van der Waals surface area contributed by atoms with Gasteiger partial charge in [-0.3, -0.25) is 9.59 Å². The molecule has 1 atom stereocenters. The van der Waals surface area contributed by atoms with Gasteiger partial charge in [-0.2, -0.15) is 0 Å². The van der Waals surface area contributed by atoms with Gasteiger partial charge in [-0.05, 0) is 27.2 Å². The Morgan fingerprint density at radius 3 is 2.29 bits per heavy atom. The Balaban J connectivity index is 3.88. The second-order valence-electron chi connectivity index (χ2n) is 5.18. The van der Waals surface area contributed by atoms with E-state index in [-0.39, 0.29) is 11.4 Å². The molecule has 0 aromatic heterocycles. The molecule has 0 radical (unpaired) electrons. The maximum atomic E-state index is 11.5. The van der Waals surface area contributed by atoms with Gasteiger partial charge in [0.05, 0.1) is 0 Å². The minimum Gasteiger partial charge on any atom is -0.480 e. The van der Waals surface area contributed by atoms with Crippen molar-refractivity contribution in [3.05, 3.63) is 0 Å². The van der Waals surface area contributed by atoms with E-state index in [9.17, 15) is 9.59 Å². The molecule has 1 unspecified atom stereocenters. The topological polar surface area (TPSA) is 78.4 Å². The predicted octanol–water partition coefficient (Wildman–Crippen LogP) is 1.13. The molecular weight excluding hydrogens is 220 g/mol. The van der Waals surface area contributed by atoms with E-state index in [1.165, 1.54) is 0 Å². The van der Waals surface area contributed by atoms with E-state index in [1.807, 2.05) is 27.7 Å². The van der Waals surface area contributed by atoms with E-state index in [1.54, 1.807) is 0 Å². The van der Waals surface area contributed by atoms with Gasteiger partial charge in [0.2, 0.25) is 5.91 Å². The van der Waals surface area contributed by atoms with Crippen LogP contribution in [0.5, 0.6) is 0 Å². The van der Waals surface area contributed by atoms with E-state index >= 15 is 0 Å². The monoisotopic (exact) mass is 244 g/mol. The Bertz CT molecular complexity index is 259. The van der Waals surface area contributed by atoms with Crippen molar-refractivity contribution in [2.75, 3.05) is 6.54 Å². The van der Waals surface area contributed by atoms with Crippen LogP contribution in [0.1, 0.15) is 47.0 Å². The zero-order valence-corrected chi connectivity index (χ0v) is 11.2. The van der Waals surface area contributed by atoms with Crippen LogP contribution in [0.3, 0.4) is 0 Å². The average Bonchev–Trinajstić information content (AvgIpc) is 2.13. The number of carboxylic acids is 1. The lowest BCUT2D eigenvalue weighted by Crippen LogP contribution is -2.43. The van der Waals surface area contributed by atoms with Crippen LogP contribution in [-0.4, -0.2) is 35.1 Å². The number of nitrogens with one attached hydrogen (secondary N) is 2. The van der Waals surface area contributed by atoms with Gasteiger partial charge in [0.15, 0.2) is 0 Å². The second-order valence-corrected chi connectivity index (χ2v) is 5.18. The van der Waals surface area contributed by atoms with E-state index < -0.39 is 12.0 Å². The quantitative estimate of drug-likeness (QED) is 0.627. The van der Waals surface area contributed by atoms with Crippen LogP contribution in [0.25, 0.3) is 0 Å². The number of aliphatic carboxylic acids is 1. The van der Waals surface area contributed by atoms with Crippen molar-refractivity contribution in [2.24, 2.45) is 0 Å². The van der Waals surface area contributed by atoms with Gasteiger partial charge in [-0.15, -0.1) is 0 Å². The lowest BCUT2D eigenvalue weighted by Gasteiger charge is -2.21. The fraction of sp³-hybridized carbons (Fsp3) is 0.833. The fourth-order valence-corrected chi connectivity index (χ4v) is 1.44. The summed E-state index contributed by atoms with van der Waals surface area (Å²) in [5.41, 5.74) is -0.243. The summed E-state index contributed by atoms with van der Waals surface area (Å²) in [5.74, 6) is -0.922. The Morgan fingerprint density at radius 2 is 1.88 bits per heavy atom. The first-order chi connectivity index (χ1) is 7.76. The summed E-state index contributed by atoms with van der Waals surface area (Å²) < 4.78 is 0. The lowest BCUT2D eigenvalue weighted by molar-refractivity contribution is -0.139. The van der Waals surface area contributed by atoms with Crippen molar-refractivity contribution >= 4 is 11.9 Å². The van der Waals surface area contributed by atoms with E-state index in [2.05, 4.69) is 10.6 Å². The summed E-state index contributed by atoms with van der Waals surface area (Å²) >= 11 is 0. The van der Waals surface area contributed by atoms with Gasteiger partial charge < -0.3 is 15.7 Å². The summed E-state index contributed by atoms with van der Waals surface area (Å²) in [6.45, 7) is 8.06. The van der Waals surface area contributed by atoms with Crippen LogP contribution >= 0.6 is 0 Å². The first kappa shape index (κ1) is 15.9. The Hall–Kier alpha value is -1.10. The Morgan fingerprint density at radius 1 is 1.29 bits per heavy atom. The van der Waals surface area contributed by atoms with Crippen LogP contribution in [0.2, 0.25) is 0 Å². The molecule has 0 saturated heterocycles. The largest absolute Gasteiger partial charge is 0.480 e. The van der Waals surface area contributed by atoms with E-state index in [4.69, 9.17) is 5.11 Å². The van der Waals surface area contributed by atoms with Crippen molar-refractivity contribution in [1.29, 1.82) is 0 Å². The highest BCUT2D eigenvalue weighted by Crippen LogP contribution is 2.00. The Labute approximate surface area is 103 Å². The van der Waals surface area contributed by atoms with Crippen molar-refractivity contribution in [2.45, 2.75) is 58.5 Å². The van der Waals surface area contributed by atoms with Gasteiger partial charge in [0.25, 0.3) is 0 Å². The normalized spacial score (nSPS) is 13.2. The number of hydrogen-bond acceptors (Lipinski definition) is 3. The zero-order valence-electron chi connectivity index (χ0n) is 11.2. The van der Waals surface area contributed by atoms with Crippen molar-refractivity contribution in [1.82, 2.24) is 10.6 Å². The molecule has 0 aliphatic rings. The van der Waals surface area contributed by atoms with Crippen LogP contribution < -0.4 is 10.6 Å². The molecule has 0 fully saturated rings. The molecule has 0 saturated carbocycles. The molecule has 3 N–H and O–H groups in total. The highest BCUT2D eigenvalue weighted by Gasteiger charge is 2.17. The minimum atomic E-state index is -0.858.